The highest BCUT2D eigenvalue weighted by atomic mass is 16.4. The number of aromatic nitrogens is 1. The number of carbonyl (C=O) groups excluding carboxylic acids is 1. The molecule has 0 aliphatic carbocycles. The minimum absolute atomic E-state index is 0.0625. The molecule has 2 atom stereocenters. The number of nitrogens with zero attached hydrogens (tertiary/aromatic N) is 1. The third kappa shape index (κ3) is 11.9. The standard InChI is InChI=1S/C22H37N5O3/c1-17(16-28)10-7-5-3-2-4-6-8-11-19(27-20-12-9-13-25-20)18(14-21(29)30)15-26-22(23)24/h9,12-14,16-17,19,25,27H,2-8,10-11,15H2,1H3,(H,29,30)(H4,23,24,26)/b18-14+/t17-,19+/m0/s1. The van der Waals surface area contributed by atoms with Gasteiger partial charge in [0.25, 0.3) is 0 Å². The number of hydrogen-bond donors (Lipinski definition) is 5. The maximum Gasteiger partial charge on any atom is 0.328 e. The molecular formula is C22H37N5O3. The number of anilines is 1. The van der Waals surface area contributed by atoms with Crippen LogP contribution in [0.2, 0.25) is 0 Å². The number of nitrogens with one attached hydrogen (secondary N) is 2. The van der Waals surface area contributed by atoms with E-state index in [1.54, 1.807) is 0 Å². The Balaban J connectivity index is 2.49. The number of carboxylic acids is 1. The van der Waals surface area contributed by atoms with Gasteiger partial charge in [0, 0.05) is 18.2 Å². The number of H-pyrrole nitrogens is 1. The zero-order chi connectivity index (χ0) is 22.2. The van der Waals surface area contributed by atoms with Crippen LogP contribution in [-0.4, -0.2) is 40.9 Å². The number of hydrogen-bond acceptors (Lipinski definition) is 4. The minimum Gasteiger partial charge on any atom is -0.478 e. The van der Waals surface area contributed by atoms with E-state index >= 15 is 0 Å². The number of rotatable bonds is 17. The Kier molecular flexibility index (Phi) is 12.7. The van der Waals surface area contributed by atoms with Crippen LogP contribution in [0.3, 0.4) is 0 Å². The summed E-state index contributed by atoms with van der Waals surface area (Å²) in [7, 11) is 0. The lowest BCUT2D eigenvalue weighted by Gasteiger charge is -2.21. The first kappa shape index (κ1) is 25.3. The van der Waals surface area contributed by atoms with Crippen LogP contribution in [0.15, 0.2) is 35.0 Å². The SMILES string of the molecule is C[C@H](C=O)CCCCCCCCC[C@@H](Nc1ccc[nH]1)/C(=C/C(=O)O)CN=C(N)N. The van der Waals surface area contributed by atoms with Gasteiger partial charge in [-0.05, 0) is 30.5 Å². The smallest absolute Gasteiger partial charge is 0.328 e. The first-order valence-electron chi connectivity index (χ1n) is 10.8. The van der Waals surface area contributed by atoms with Crippen molar-refractivity contribution in [2.24, 2.45) is 22.4 Å². The van der Waals surface area contributed by atoms with Crippen molar-refractivity contribution < 1.29 is 14.7 Å². The van der Waals surface area contributed by atoms with Crippen molar-refractivity contribution in [2.75, 3.05) is 11.9 Å². The van der Waals surface area contributed by atoms with Crippen molar-refractivity contribution in [1.29, 1.82) is 0 Å². The van der Waals surface area contributed by atoms with E-state index in [9.17, 15) is 14.7 Å². The average Bonchev–Trinajstić information content (AvgIpc) is 3.21. The predicted molar refractivity (Wildman–Crippen MR) is 121 cm³/mol. The molecule has 0 bridgehead atoms. The zero-order valence-electron chi connectivity index (χ0n) is 18.0. The van der Waals surface area contributed by atoms with Gasteiger partial charge < -0.3 is 31.7 Å². The largest absolute Gasteiger partial charge is 0.478 e. The van der Waals surface area contributed by atoms with Crippen molar-refractivity contribution in [2.45, 2.75) is 70.8 Å². The van der Waals surface area contributed by atoms with Crippen molar-refractivity contribution in [3.63, 3.8) is 0 Å². The summed E-state index contributed by atoms with van der Waals surface area (Å²) >= 11 is 0. The van der Waals surface area contributed by atoms with Gasteiger partial charge >= 0.3 is 5.97 Å². The lowest BCUT2D eigenvalue weighted by Crippen LogP contribution is -2.27. The highest BCUT2D eigenvalue weighted by Gasteiger charge is 2.16. The summed E-state index contributed by atoms with van der Waals surface area (Å²) in [6.07, 6.45) is 13.6. The van der Waals surface area contributed by atoms with Gasteiger partial charge in [0.1, 0.15) is 12.1 Å². The molecule has 0 aromatic carbocycles. The van der Waals surface area contributed by atoms with E-state index in [0.29, 0.717) is 5.57 Å². The third-order valence-electron chi connectivity index (χ3n) is 5.01. The van der Waals surface area contributed by atoms with Gasteiger partial charge in [0.15, 0.2) is 5.96 Å². The molecule has 0 radical (unpaired) electrons. The topological polar surface area (TPSA) is 147 Å². The van der Waals surface area contributed by atoms with Gasteiger partial charge in [-0.15, -0.1) is 0 Å². The van der Waals surface area contributed by atoms with E-state index in [-0.39, 0.29) is 24.5 Å². The first-order valence-corrected chi connectivity index (χ1v) is 10.8. The van der Waals surface area contributed by atoms with E-state index in [1.165, 1.54) is 25.3 Å². The second kappa shape index (κ2) is 15.1. The van der Waals surface area contributed by atoms with E-state index in [0.717, 1.165) is 50.6 Å². The molecule has 8 heteroatoms. The van der Waals surface area contributed by atoms with Crippen LogP contribution >= 0.6 is 0 Å². The Hall–Kier alpha value is -2.77. The fraction of sp³-hybridized carbons (Fsp3) is 0.591. The molecule has 0 saturated heterocycles. The molecule has 1 heterocycles. The molecule has 168 valence electrons. The van der Waals surface area contributed by atoms with Gasteiger partial charge in [-0.25, -0.2) is 9.79 Å². The molecule has 0 amide bonds. The maximum absolute atomic E-state index is 11.3. The van der Waals surface area contributed by atoms with Gasteiger partial charge in [-0.1, -0.05) is 51.9 Å². The molecule has 0 fully saturated rings. The summed E-state index contributed by atoms with van der Waals surface area (Å²) in [5, 5.41) is 12.6. The number of aromatic amines is 1. The van der Waals surface area contributed by atoms with Crippen LogP contribution in [0, 0.1) is 5.92 Å². The molecule has 1 aromatic rings. The van der Waals surface area contributed by atoms with Crippen molar-refractivity contribution in [1.82, 2.24) is 4.98 Å². The molecule has 0 spiro atoms. The molecule has 8 nitrogen and oxygen atoms in total. The summed E-state index contributed by atoms with van der Waals surface area (Å²) in [6.45, 7) is 2.11. The number of unbranched alkanes of at least 4 members (excludes halogenated alkanes) is 6. The highest BCUT2D eigenvalue weighted by molar-refractivity contribution is 5.81. The molecule has 0 saturated carbocycles. The number of carboxylic acid groups (broad SMARTS) is 1. The van der Waals surface area contributed by atoms with Gasteiger partial charge in [0.05, 0.1) is 12.6 Å². The van der Waals surface area contributed by atoms with Crippen molar-refractivity contribution in [3.8, 4) is 0 Å². The summed E-state index contributed by atoms with van der Waals surface area (Å²) in [5.41, 5.74) is 11.5. The summed E-state index contributed by atoms with van der Waals surface area (Å²) in [4.78, 5) is 29.0. The second-order valence-electron chi connectivity index (χ2n) is 7.74. The van der Waals surface area contributed by atoms with Crippen LogP contribution < -0.4 is 16.8 Å². The average molecular weight is 420 g/mol. The molecule has 0 aliphatic rings. The lowest BCUT2D eigenvalue weighted by molar-refractivity contribution is -0.131. The number of aliphatic carboxylic acids is 1. The minimum atomic E-state index is -1.02. The number of aliphatic imine (C=N–C) groups is 1. The van der Waals surface area contributed by atoms with Gasteiger partial charge in [-0.3, -0.25) is 0 Å². The van der Waals surface area contributed by atoms with E-state index in [2.05, 4.69) is 15.3 Å². The van der Waals surface area contributed by atoms with Crippen LogP contribution in [0.5, 0.6) is 0 Å². The maximum atomic E-state index is 11.3. The fourth-order valence-electron chi connectivity index (χ4n) is 3.32. The molecule has 1 aromatic heterocycles. The van der Waals surface area contributed by atoms with Crippen LogP contribution in [0.25, 0.3) is 0 Å². The summed E-state index contributed by atoms with van der Waals surface area (Å²) in [5.74, 6) is -0.0860. The molecule has 1 rings (SSSR count). The van der Waals surface area contributed by atoms with Crippen LogP contribution in [-0.2, 0) is 9.59 Å². The second-order valence-corrected chi connectivity index (χ2v) is 7.74. The van der Waals surface area contributed by atoms with Crippen molar-refractivity contribution in [3.05, 3.63) is 30.0 Å². The van der Waals surface area contributed by atoms with E-state index < -0.39 is 5.97 Å². The third-order valence-corrected chi connectivity index (χ3v) is 5.01. The van der Waals surface area contributed by atoms with Gasteiger partial charge in [0.2, 0.25) is 0 Å². The Bertz CT molecular complexity index is 666. The zero-order valence-corrected chi connectivity index (χ0v) is 18.0. The number of nitrogens with two attached hydrogens (primary N) is 2. The highest BCUT2D eigenvalue weighted by Crippen LogP contribution is 2.19. The molecule has 7 N–H and O–H groups in total. The molecular weight excluding hydrogens is 382 g/mol. The fourth-order valence-corrected chi connectivity index (χ4v) is 3.32. The molecule has 0 aliphatic heterocycles. The Morgan fingerprint density at radius 2 is 1.80 bits per heavy atom. The molecule has 30 heavy (non-hydrogen) atoms. The first-order chi connectivity index (χ1) is 14.4. The number of aldehydes is 1. The van der Waals surface area contributed by atoms with E-state index in [4.69, 9.17) is 11.5 Å². The van der Waals surface area contributed by atoms with Crippen molar-refractivity contribution >= 4 is 24.0 Å². The Labute approximate surface area is 179 Å². The molecule has 0 unspecified atom stereocenters. The quantitative estimate of drug-likeness (QED) is 0.0859. The van der Waals surface area contributed by atoms with Gasteiger partial charge in [-0.2, -0.15) is 0 Å². The monoisotopic (exact) mass is 419 g/mol. The lowest BCUT2D eigenvalue weighted by atomic mass is 9.98. The van der Waals surface area contributed by atoms with Crippen LogP contribution in [0.4, 0.5) is 5.82 Å². The predicted octanol–water partition coefficient (Wildman–Crippen LogP) is 3.43. The normalized spacial score (nSPS) is 13.4. The summed E-state index contributed by atoms with van der Waals surface area (Å²) < 4.78 is 0. The number of guanidine groups is 1. The van der Waals surface area contributed by atoms with Crippen LogP contribution in [0.1, 0.15) is 64.7 Å². The summed E-state index contributed by atoms with van der Waals surface area (Å²) in [6, 6.07) is 3.61. The number of carbonyl (C=O) groups is 2. The Morgan fingerprint density at radius 1 is 1.17 bits per heavy atom. The van der Waals surface area contributed by atoms with E-state index in [1.807, 2.05) is 25.3 Å². The Morgan fingerprint density at radius 3 is 2.33 bits per heavy atom.